The van der Waals surface area contributed by atoms with Crippen LogP contribution in [0.4, 0.5) is 5.69 Å². The Morgan fingerprint density at radius 2 is 1.52 bits per heavy atom. The average molecular weight is 370 g/mol. The minimum absolute atomic E-state index is 0.649. The number of methoxy groups -OCH3 is 3. The number of rotatable bonds is 7. The van der Waals surface area contributed by atoms with Crippen LogP contribution in [-0.4, -0.2) is 59.0 Å². The number of piperazine rings is 1. The molecule has 1 aliphatic heterocycles. The van der Waals surface area contributed by atoms with Crippen molar-refractivity contribution in [3.8, 4) is 17.2 Å². The van der Waals surface area contributed by atoms with Crippen LogP contribution in [0.2, 0.25) is 0 Å². The van der Waals surface area contributed by atoms with Gasteiger partial charge in [0.1, 0.15) is 0 Å². The number of anilines is 1. The first-order valence-electron chi connectivity index (χ1n) is 9.47. The molecule has 0 bridgehead atoms. The Kier molecular flexibility index (Phi) is 6.45. The summed E-state index contributed by atoms with van der Waals surface area (Å²) in [4.78, 5) is 5.00. The second-order valence-corrected chi connectivity index (χ2v) is 6.95. The van der Waals surface area contributed by atoms with Gasteiger partial charge in [-0.1, -0.05) is 12.1 Å². The van der Waals surface area contributed by atoms with Gasteiger partial charge in [-0.15, -0.1) is 0 Å². The molecule has 3 rings (SSSR count). The number of benzene rings is 2. The summed E-state index contributed by atoms with van der Waals surface area (Å²) in [5.41, 5.74) is 3.85. The largest absolute Gasteiger partial charge is 0.493 e. The van der Waals surface area contributed by atoms with Gasteiger partial charge in [-0.3, -0.25) is 4.90 Å². The van der Waals surface area contributed by atoms with E-state index in [1.54, 1.807) is 21.3 Å². The van der Waals surface area contributed by atoms with Crippen LogP contribution < -0.4 is 19.1 Å². The Morgan fingerprint density at radius 3 is 2.07 bits per heavy atom. The summed E-state index contributed by atoms with van der Waals surface area (Å²) in [6, 6.07) is 12.9. The van der Waals surface area contributed by atoms with Gasteiger partial charge in [0.05, 0.1) is 21.3 Å². The Morgan fingerprint density at radius 1 is 0.852 bits per heavy atom. The fourth-order valence-corrected chi connectivity index (χ4v) is 3.62. The van der Waals surface area contributed by atoms with E-state index in [2.05, 4.69) is 41.0 Å². The van der Waals surface area contributed by atoms with Crippen LogP contribution in [0.25, 0.3) is 0 Å². The molecule has 0 aromatic heterocycles. The molecule has 146 valence electrons. The third-order valence-electron chi connectivity index (χ3n) is 5.18. The topological polar surface area (TPSA) is 34.2 Å². The highest BCUT2D eigenvalue weighted by Crippen LogP contribution is 2.38. The second-order valence-electron chi connectivity index (χ2n) is 6.95. The van der Waals surface area contributed by atoms with Crippen molar-refractivity contribution in [2.24, 2.45) is 0 Å². The minimum Gasteiger partial charge on any atom is -0.493 e. The molecule has 5 nitrogen and oxygen atoms in total. The van der Waals surface area contributed by atoms with Crippen LogP contribution in [-0.2, 0) is 6.42 Å². The Hall–Kier alpha value is -2.40. The molecular formula is C22H30N2O3. The first kappa shape index (κ1) is 19.4. The third kappa shape index (κ3) is 4.66. The van der Waals surface area contributed by atoms with Gasteiger partial charge >= 0.3 is 0 Å². The lowest BCUT2D eigenvalue weighted by molar-refractivity contribution is 0.260. The van der Waals surface area contributed by atoms with E-state index in [-0.39, 0.29) is 0 Å². The first-order valence-corrected chi connectivity index (χ1v) is 9.47. The van der Waals surface area contributed by atoms with Crippen molar-refractivity contribution < 1.29 is 14.2 Å². The summed E-state index contributed by atoms with van der Waals surface area (Å²) in [7, 11) is 4.95. The van der Waals surface area contributed by atoms with Gasteiger partial charge in [0.15, 0.2) is 11.5 Å². The molecule has 0 N–H and O–H groups in total. The van der Waals surface area contributed by atoms with Crippen molar-refractivity contribution in [3.05, 3.63) is 47.5 Å². The molecule has 0 saturated carbocycles. The van der Waals surface area contributed by atoms with Crippen LogP contribution in [0.15, 0.2) is 36.4 Å². The van der Waals surface area contributed by atoms with Gasteiger partial charge in [-0.2, -0.15) is 0 Å². The first-order chi connectivity index (χ1) is 13.1. The monoisotopic (exact) mass is 370 g/mol. The predicted octanol–water partition coefficient (Wildman–Crippen LogP) is 3.39. The molecule has 5 heteroatoms. The lowest BCUT2D eigenvalue weighted by Crippen LogP contribution is -2.47. The lowest BCUT2D eigenvalue weighted by atomic mass is 10.1. The van der Waals surface area contributed by atoms with Gasteiger partial charge in [0, 0.05) is 38.4 Å². The van der Waals surface area contributed by atoms with E-state index >= 15 is 0 Å². The molecule has 27 heavy (non-hydrogen) atoms. The molecule has 2 aromatic rings. The highest BCUT2D eigenvalue weighted by molar-refractivity contribution is 5.54. The summed E-state index contributed by atoms with van der Waals surface area (Å²) in [5.74, 6) is 2.09. The quantitative estimate of drug-likeness (QED) is 0.746. The number of aryl methyl sites for hydroxylation is 1. The SMILES string of the molecule is COc1cc(CCN2CCN(c3cccc(C)c3)CC2)cc(OC)c1OC. The van der Waals surface area contributed by atoms with E-state index in [9.17, 15) is 0 Å². The summed E-state index contributed by atoms with van der Waals surface area (Å²) in [6.07, 6.45) is 0.959. The van der Waals surface area contributed by atoms with Crippen molar-refractivity contribution >= 4 is 5.69 Å². The molecule has 0 spiro atoms. The van der Waals surface area contributed by atoms with E-state index in [1.807, 2.05) is 12.1 Å². The predicted molar refractivity (Wildman–Crippen MR) is 110 cm³/mol. The zero-order valence-electron chi connectivity index (χ0n) is 16.8. The van der Waals surface area contributed by atoms with Crippen molar-refractivity contribution in [3.63, 3.8) is 0 Å². The molecule has 0 unspecified atom stereocenters. The second kappa shape index (κ2) is 9.00. The highest BCUT2D eigenvalue weighted by Gasteiger charge is 2.18. The van der Waals surface area contributed by atoms with E-state index in [1.165, 1.54) is 16.8 Å². The maximum Gasteiger partial charge on any atom is 0.203 e. The Labute approximate surface area is 162 Å². The molecule has 1 saturated heterocycles. The number of ether oxygens (including phenoxy) is 3. The van der Waals surface area contributed by atoms with Gasteiger partial charge in [0.25, 0.3) is 0 Å². The lowest BCUT2D eigenvalue weighted by Gasteiger charge is -2.36. The number of hydrogen-bond donors (Lipinski definition) is 0. The molecule has 0 radical (unpaired) electrons. The van der Waals surface area contributed by atoms with Crippen molar-refractivity contribution in [1.82, 2.24) is 4.90 Å². The summed E-state index contributed by atoms with van der Waals surface area (Å²) in [6.45, 7) is 7.48. The number of nitrogens with zero attached hydrogens (tertiary/aromatic N) is 2. The fourth-order valence-electron chi connectivity index (χ4n) is 3.62. The minimum atomic E-state index is 0.649. The third-order valence-corrected chi connectivity index (χ3v) is 5.18. The van der Waals surface area contributed by atoms with Gasteiger partial charge in [-0.05, 0) is 48.7 Å². The fraction of sp³-hybridized carbons (Fsp3) is 0.455. The van der Waals surface area contributed by atoms with E-state index in [0.29, 0.717) is 5.75 Å². The van der Waals surface area contributed by atoms with Crippen LogP contribution in [0, 0.1) is 6.92 Å². The Balaban J connectivity index is 1.57. The van der Waals surface area contributed by atoms with Crippen molar-refractivity contribution in [2.75, 3.05) is 59.0 Å². The molecule has 1 fully saturated rings. The standard InChI is InChI=1S/C22H30N2O3/c1-17-6-5-7-19(14-17)24-12-10-23(11-13-24)9-8-18-15-20(25-2)22(27-4)21(16-18)26-3/h5-7,14-16H,8-13H2,1-4H3. The molecule has 0 amide bonds. The average Bonchev–Trinajstić information content (AvgIpc) is 2.71. The summed E-state index contributed by atoms with van der Waals surface area (Å²) in [5, 5.41) is 0. The smallest absolute Gasteiger partial charge is 0.203 e. The van der Waals surface area contributed by atoms with Gasteiger partial charge in [-0.25, -0.2) is 0 Å². The zero-order valence-corrected chi connectivity index (χ0v) is 16.8. The number of hydrogen-bond acceptors (Lipinski definition) is 5. The normalized spacial score (nSPS) is 14.9. The Bertz CT molecular complexity index is 730. The van der Waals surface area contributed by atoms with Crippen molar-refractivity contribution in [1.29, 1.82) is 0 Å². The van der Waals surface area contributed by atoms with Gasteiger partial charge in [0.2, 0.25) is 5.75 Å². The van der Waals surface area contributed by atoms with Crippen LogP contribution >= 0.6 is 0 Å². The van der Waals surface area contributed by atoms with Crippen LogP contribution in [0.3, 0.4) is 0 Å². The van der Waals surface area contributed by atoms with E-state index in [0.717, 1.165) is 50.6 Å². The van der Waals surface area contributed by atoms with Crippen LogP contribution in [0.5, 0.6) is 17.2 Å². The van der Waals surface area contributed by atoms with Crippen molar-refractivity contribution in [2.45, 2.75) is 13.3 Å². The molecule has 0 atom stereocenters. The molecule has 2 aromatic carbocycles. The molecule has 0 aliphatic carbocycles. The molecular weight excluding hydrogens is 340 g/mol. The summed E-state index contributed by atoms with van der Waals surface area (Å²) < 4.78 is 16.3. The van der Waals surface area contributed by atoms with E-state index < -0.39 is 0 Å². The maximum absolute atomic E-state index is 5.46. The summed E-state index contributed by atoms with van der Waals surface area (Å²) >= 11 is 0. The molecule has 1 heterocycles. The zero-order chi connectivity index (χ0) is 19.2. The van der Waals surface area contributed by atoms with E-state index in [4.69, 9.17) is 14.2 Å². The maximum atomic E-state index is 5.46. The van der Waals surface area contributed by atoms with Crippen LogP contribution in [0.1, 0.15) is 11.1 Å². The molecule has 1 aliphatic rings. The van der Waals surface area contributed by atoms with Gasteiger partial charge < -0.3 is 19.1 Å². The highest BCUT2D eigenvalue weighted by atomic mass is 16.5.